The van der Waals surface area contributed by atoms with Crippen molar-refractivity contribution in [3.63, 3.8) is 0 Å². The van der Waals surface area contributed by atoms with Gasteiger partial charge in [-0.15, -0.1) is 11.6 Å². The van der Waals surface area contributed by atoms with E-state index < -0.39 is 0 Å². The molecule has 64 valence electrons. The molecule has 1 saturated carbocycles. The zero-order chi connectivity index (χ0) is 8.10. The van der Waals surface area contributed by atoms with Crippen molar-refractivity contribution in [1.29, 1.82) is 0 Å². The third-order valence-electron chi connectivity index (χ3n) is 2.56. The first-order chi connectivity index (χ1) is 5.33. The topological polar surface area (TPSA) is 0 Å². The number of rotatable bonds is 2. The largest absolute Gasteiger partial charge is 0.122 e. The van der Waals surface area contributed by atoms with Gasteiger partial charge in [0.1, 0.15) is 0 Å². The van der Waals surface area contributed by atoms with Crippen LogP contribution in [0.4, 0.5) is 0 Å². The number of allylic oxidation sites excluding steroid dienone is 2. The summed E-state index contributed by atoms with van der Waals surface area (Å²) >= 11 is 5.56. The Kier molecular flexibility index (Phi) is 3.99. The van der Waals surface area contributed by atoms with Gasteiger partial charge in [-0.05, 0) is 24.7 Å². The van der Waals surface area contributed by atoms with Gasteiger partial charge < -0.3 is 0 Å². The number of hydrogen-bond donors (Lipinski definition) is 0. The Bertz CT molecular complexity index is 121. The van der Waals surface area contributed by atoms with Crippen molar-refractivity contribution in [3.05, 3.63) is 12.2 Å². The van der Waals surface area contributed by atoms with E-state index in [-0.39, 0.29) is 0 Å². The third kappa shape index (κ3) is 3.29. The molecule has 0 aromatic carbocycles. The number of alkyl halides is 1. The summed E-state index contributed by atoms with van der Waals surface area (Å²) in [5.74, 6) is 2.45. The summed E-state index contributed by atoms with van der Waals surface area (Å²) in [6, 6.07) is 0. The fourth-order valence-electron chi connectivity index (χ4n) is 1.72. The summed E-state index contributed by atoms with van der Waals surface area (Å²) in [6.45, 7) is 2.35. The van der Waals surface area contributed by atoms with Crippen LogP contribution >= 0.6 is 11.6 Å². The highest BCUT2D eigenvalue weighted by atomic mass is 35.5. The Labute approximate surface area is 74.6 Å². The lowest BCUT2D eigenvalue weighted by molar-refractivity contribution is 0.330. The quantitative estimate of drug-likeness (QED) is 0.441. The van der Waals surface area contributed by atoms with Gasteiger partial charge in [-0.3, -0.25) is 0 Å². The zero-order valence-electron chi connectivity index (χ0n) is 7.22. The summed E-state index contributed by atoms with van der Waals surface area (Å²) < 4.78 is 0. The van der Waals surface area contributed by atoms with E-state index in [2.05, 4.69) is 19.1 Å². The van der Waals surface area contributed by atoms with Crippen LogP contribution in [-0.4, -0.2) is 5.88 Å². The van der Waals surface area contributed by atoms with E-state index in [0.29, 0.717) is 5.88 Å². The SMILES string of the molecule is CC1CCC(/C=C/CCl)CC1. The second-order valence-corrected chi connectivity index (χ2v) is 3.91. The Morgan fingerprint density at radius 3 is 2.45 bits per heavy atom. The van der Waals surface area contributed by atoms with Gasteiger partial charge in [0, 0.05) is 5.88 Å². The van der Waals surface area contributed by atoms with Gasteiger partial charge in [-0.1, -0.05) is 31.9 Å². The van der Waals surface area contributed by atoms with Crippen LogP contribution in [0.2, 0.25) is 0 Å². The lowest BCUT2D eigenvalue weighted by Gasteiger charge is -2.23. The molecule has 1 aliphatic rings. The van der Waals surface area contributed by atoms with Crippen LogP contribution in [0.5, 0.6) is 0 Å². The predicted molar refractivity (Wildman–Crippen MR) is 51.0 cm³/mol. The van der Waals surface area contributed by atoms with Crippen LogP contribution in [0.1, 0.15) is 32.6 Å². The highest BCUT2D eigenvalue weighted by Gasteiger charge is 2.15. The van der Waals surface area contributed by atoms with E-state index in [1.54, 1.807) is 0 Å². The lowest BCUT2D eigenvalue weighted by Crippen LogP contribution is -2.09. The van der Waals surface area contributed by atoms with Crippen molar-refractivity contribution in [1.82, 2.24) is 0 Å². The molecule has 1 aliphatic carbocycles. The van der Waals surface area contributed by atoms with Crippen molar-refractivity contribution >= 4 is 11.6 Å². The van der Waals surface area contributed by atoms with Gasteiger partial charge >= 0.3 is 0 Å². The van der Waals surface area contributed by atoms with Gasteiger partial charge in [-0.25, -0.2) is 0 Å². The highest BCUT2D eigenvalue weighted by molar-refractivity contribution is 6.18. The lowest BCUT2D eigenvalue weighted by atomic mass is 9.83. The molecule has 0 atom stereocenters. The minimum absolute atomic E-state index is 0.673. The first-order valence-corrected chi connectivity index (χ1v) is 5.09. The molecule has 0 saturated heterocycles. The molecule has 0 aromatic rings. The Morgan fingerprint density at radius 2 is 1.91 bits per heavy atom. The van der Waals surface area contributed by atoms with Crippen LogP contribution < -0.4 is 0 Å². The monoisotopic (exact) mass is 172 g/mol. The zero-order valence-corrected chi connectivity index (χ0v) is 7.98. The van der Waals surface area contributed by atoms with Crippen LogP contribution in [0.3, 0.4) is 0 Å². The summed E-state index contributed by atoms with van der Waals surface area (Å²) in [4.78, 5) is 0. The van der Waals surface area contributed by atoms with Crippen LogP contribution in [0.15, 0.2) is 12.2 Å². The molecule has 1 heteroatoms. The standard InChI is InChI=1S/C10H17Cl/c1-9-4-6-10(7-5-9)3-2-8-11/h2-3,9-10H,4-8H2,1H3/b3-2+. The molecule has 1 fully saturated rings. The Hall–Kier alpha value is 0.0300. The molecule has 0 amide bonds. The van der Waals surface area contributed by atoms with Gasteiger partial charge in [0.2, 0.25) is 0 Å². The fourth-order valence-corrected chi connectivity index (χ4v) is 1.83. The van der Waals surface area contributed by atoms with Crippen LogP contribution in [0, 0.1) is 11.8 Å². The van der Waals surface area contributed by atoms with E-state index >= 15 is 0 Å². The molecule has 1 rings (SSSR count). The molecule has 0 aromatic heterocycles. The minimum atomic E-state index is 0.673. The average Bonchev–Trinajstić information content (AvgIpc) is 2.04. The highest BCUT2D eigenvalue weighted by Crippen LogP contribution is 2.28. The molecule has 11 heavy (non-hydrogen) atoms. The van der Waals surface area contributed by atoms with Gasteiger partial charge in [0.05, 0.1) is 0 Å². The number of halogens is 1. The normalized spacial score (nSPS) is 32.9. The van der Waals surface area contributed by atoms with Crippen molar-refractivity contribution < 1.29 is 0 Å². The molecule has 0 nitrogen and oxygen atoms in total. The molecular weight excluding hydrogens is 156 g/mol. The maximum atomic E-state index is 5.56. The fraction of sp³-hybridized carbons (Fsp3) is 0.800. The molecule has 0 heterocycles. The molecule has 0 unspecified atom stereocenters. The van der Waals surface area contributed by atoms with E-state index in [1.807, 2.05) is 0 Å². The molecular formula is C10H17Cl. The molecule has 0 aliphatic heterocycles. The second kappa shape index (κ2) is 4.82. The van der Waals surface area contributed by atoms with E-state index in [9.17, 15) is 0 Å². The maximum absolute atomic E-state index is 5.56. The Morgan fingerprint density at radius 1 is 1.27 bits per heavy atom. The first kappa shape index (κ1) is 9.12. The maximum Gasteiger partial charge on any atom is 0.0404 e. The Balaban J connectivity index is 2.22. The summed E-state index contributed by atoms with van der Waals surface area (Å²) in [7, 11) is 0. The van der Waals surface area contributed by atoms with Crippen LogP contribution in [-0.2, 0) is 0 Å². The summed E-state index contributed by atoms with van der Waals surface area (Å²) in [5, 5.41) is 0. The smallest absolute Gasteiger partial charge is 0.0404 e. The average molecular weight is 173 g/mol. The van der Waals surface area contributed by atoms with Crippen molar-refractivity contribution in [3.8, 4) is 0 Å². The van der Waals surface area contributed by atoms with E-state index in [1.165, 1.54) is 25.7 Å². The van der Waals surface area contributed by atoms with E-state index in [4.69, 9.17) is 11.6 Å². The molecule has 0 bridgehead atoms. The van der Waals surface area contributed by atoms with Crippen LogP contribution in [0.25, 0.3) is 0 Å². The predicted octanol–water partition coefficient (Wildman–Crippen LogP) is 3.61. The van der Waals surface area contributed by atoms with Crippen molar-refractivity contribution in [2.45, 2.75) is 32.6 Å². The van der Waals surface area contributed by atoms with Gasteiger partial charge in [-0.2, -0.15) is 0 Å². The van der Waals surface area contributed by atoms with Gasteiger partial charge in [0.15, 0.2) is 0 Å². The number of hydrogen-bond acceptors (Lipinski definition) is 0. The van der Waals surface area contributed by atoms with Crippen molar-refractivity contribution in [2.75, 3.05) is 5.88 Å². The second-order valence-electron chi connectivity index (χ2n) is 3.60. The molecule has 0 N–H and O–H groups in total. The molecule has 0 spiro atoms. The summed E-state index contributed by atoms with van der Waals surface area (Å²) in [6.07, 6.45) is 9.92. The third-order valence-corrected chi connectivity index (χ3v) is 2.74. The van der Waals surface area contributed by atoms with Crippen molar-refractivity contribution in [2.24, 2.45) is 11.8 Å². The van der Waals surface area contributed by atoms with E-state index in [0.717, 1.165) is 11.8 Å². The first-order valence-electron chi connectivity index (χ1n) is 4.55. The van der Waals surface area contributed by atoms with Gasteiger partial charge in [0.25, 0.3) is 0 Å². The minimum Gasteiger partial charge on any atom is -0.122 e. The molecule has 0 radical (unpaired) electrons. The summed E-state index contributed by atoms with van der Waals surface area (Å²) in [5.41, 5.74) is 0.